The molecule has 17 heavy (non-hydrogen) atoms. The quantitative estimate of drug-likeness (QED) is 0.897. The molecule has 0 bridgehead atoms. The zero-order valence-corrected chi connectivity index (χ0v) is 11.7. The van der Waals surface area contributed by atoms with Crippen LogP contribution in [0.1, 0.15) is 45.7 Å². The molecule has 4 heteroatoms. The number of nitrogens with zero attached hydrogens (tertiary/aromatic N) is 2. The highest BCUT2D eigenvalue weighted by Gasteiger charge is 2.39. The fourth-order valence-electron chi connectivity index (χ4n) is 3.12. The third kappa shape index (κ3) is 2.36. The van der Waals surface area contributed by atoms with E-state index in [1.165, 1.54) is 18.5 Å². The van der Waals surface area contributed by atoms with Gasteiger partial charge in [-0.3, -0.25) is 4.68 Å². The molecule has 1 fully saturated rings. The van der Waals surface area contributed by atoms with Crippen molar-refractivity contribution in [1.82, 2.24) is 15.1 Å². The zero-order valence-electron chi connectivity index (χ0n) is 11.0. The van der Waals surface area contributed by atoms with Crippen LogP contribution in [0.15, 0.2) is 6.20 Å². The van der Waals surface area contributed by atoms with Gasteiger partial charge in [0.05, 0.1) is 16.9 Å². The second kappa shape index (κ2) is 4.99. The van der Waals surface area contributed by atoms with Crippen LogP contribution in [-0.4, -0.2) is 22.4 Å². The fourth-order valence-corrected chi connectivity index (χ4v) is 3.49. The van der Waals surface area contributed by atoms with Crippen molar-refractivity contribution < 1.29 is 0 Å². The number of aryl methyl sites for hydroxylation is 1. The summed E-state index contributed by atoms with van der Waals surface area (Å²) < 4.78 is 2.05. The van der Waals surface area contributed by atoms with Gasteiger partial charge in [0.1, 0.15) is 0 Å². The van der Waals surface area contributed by atoms with E-state index in [4.69, 9.17) is 11.6 Å². The third-order valence-electron chi connectivity index (χ3n) is 3.90. The van der Waals surface area contributed by atoms with Crippen LogP contribution in [0.2, 0.25) is 5.02 Å². The molecule has 0 saturated heterocycles. The summed E-state index contributed by atoms with van der Waals surface area (Å²) in [5.41, 5.74) is 1.40. The maximum Gasteiger partial charge on any atom is 0.0823 e. The van der Waals surface area contributed by atoms with Crippen LogP contribution in [0.5, 0.6) is 0 Å². The molecule has 0 aliphatic heterocycles. The predicted molar refractivity (Wildman–Crippen MR) is 71.6 cm³/mol. The van der Waals surface area contributed by atoms with Gasteiger partial charge in [-0.1, -0.05) is 25.4 Å². The molecule has 1 aromatic rings. The van der Waals surface area contributed by atoms with E-state index in [1.54, 1.807) is 6.20 Å². The summed E-state index contributed by atoms with van der Waals surface area (Å²) in [6.45, 7) is 8.54. The van der Waals surface area contributed by atoms with Crippen molar-refractivity contribution >= 4 is 11.6 Å². The first-order valence-corrected chi connectivity index (χ1v) is 6.93. The summed E-state index contributed by atoms with van der Waals surface area (Å²) >= 11 is 6.31. The van der Waals surface area contributed by atoms with Crippen molar-refractivity contribution in [2.75, 3.05) is 6.54 Å². The normalized spacial score (nSPS) is 28.8. The van der Waals surface area contributed by atoms with E-state index < -0.39 is 0 Å². The van der Waals surface area contributed by atoms with Gasteiger partial charge in [-0.15, -0.1) is 0 Å². The van der Waals surface area contributed by atoms with E-state index in [-0.39, 0.29) is 5.41 Å². The van der Waals surface area contributed by atoms with Crippen LogP contribution < -0.4 is 5.32 Å². The summed E-state index contributed by atoms with van der Waals surface area (Å²) in [7, 11) is 0. The van der Waals surface area contributed by atoms with Gasteiger partial charge in [0.2, 0.25) is 0 Å². The van der Waals surface area contributed by atoms with Crippen LogP contribution in [0.25, 0.3) is 0 Å². The average molecular weight is 256 g/mol. The van der Waals surface area contributed by atoms with Crippen molar-refractivity contribution in [3.63, 3.8) is 0 Å². The zero-order chi connectivity index (χ0) is 12.5. The van der Waals surface area contributed by atoms with Crippen LogP contribution >= 0.6 is 11.6 Å². The first kappa shape index (κ1) is 12.9. The molecule has 0 aromatic carbocycles. The molecule has 1 N–H and O–H groups in total. The Balaban J connectivity index is 2.24. The van der Waals surface area contributed by atoms with Gasteiger partial charge < -0.3 is 5.32 Å². The molecular weight excluding hydrogens is 234 g/mol. The summed E-state index contributed by atoms with van der Waals surface area (Å²) in [5, 5.41) is 8.73. The summed E-state index contributed by atoms with van der Waals surface area (Å²) in [4.78, 5) is 0. The highest BCUT2D eigenvalue weighted by molar-refractivity contribution is 6.31. The number of hydrogen-bond acceptors (Lipinski definition) is 2. The largest absolute Gasteiger partial charge is 0.314 e. The first-order chi connectivity index (χ1) is 8.10. The molecule has 1 heterocycles. The molecule has 1 aliphatic rings. The third-order valence-corrected chi connectivity index (χ3v) is 4.18. The van der Waals surface area contributed by atoms with Crippen LogP contribution in [-0.2, 0) is 12.0 Å². The van der Waals surface area contributed by atoms with Crippen molar-refractivity contribution in [2.45, 2.75) is 58.0 Å². The number of hydrogen-bond donors (Lipinski definition) is 1. The highest BCUT2D eigenvalue weighted by Crippen LogP contribution is 2.43. The lowest BCUT2D eigenvalue weighted by Gasteiger charge is -2.26. The average Bonchev–Trinajstić information content (AvgIpc) is 2.84. The molecule has 2 atom stereocenters. The Bertz CT molecular complexity index is 388. The Morgan fingerprint density at radius 1 is 1.59 bits per heavy atom. The molecule has 0 spiro atoms. The summed E-state index contributed by atoms with van der Waals surface area (Å²) in [6, 6.07) is 0.626. The lowest BCUT2D eigenvalue weighted by Crippen LogP contribution is -2.30. The molecule has 1 aliphatic carbocycles. The van der Waals surface area contributed by atoms with Gasteiger partial charge in [-0.05, 0) is 32.7 Å². The molecule has 96 valence electrons. The second-order valence-corrected chi connectivity index (χ2v) is 5.62. The highest BCUT2D eigenvalue weighted by atomic mass is 35.5. The van der Waals surface area contributed by atoms with Gasteiger partial charge in [0.15, 0.2) is 0 Å². The van der Waals surface area contributed by atoms with E-state index in [0.717, 1.165) is 24.5 Å². The Labute approximate surface area is 109 Å². The molecule has 1 aromatic heterocycles. The Morgan fingerprint density at radius 3 is 3.00 bits per heavy atom. The van der Waals surface area contributed by atoms with E-state index in [0.29, 0.717) is 6.04 Å². The van der Waals surface area contributed by atoms with Gasteiger partial charge in [-0.2, -0.15) is 5.10 Å². The Hall–Kier alpha value is -0.540. The molecular formula is C13H22ClN3. The molecule has 2 unspecified atom stereocenters. The number of nitrogens with one attached hydrogen (secondary N) is 1. The topological polar surface area (TPSA) is 29.9 Å². The lowest BCUT2D eigenvalue weighted by atomic mass is 9.84. The monoisotopic (exact) mass is 255 g/mol. The Morgan fingerprint density at radius 2 is 2.35 bits per heavy atom. The predicted octanol–water partition coefficient (Wildman–Crippen LogP) is 2.98. The van der Waals surface area contributed by atoms with Gasteiger partial charge >= 0.3 is 0 Å². The van der Waals surface area contributed by atoms with E-state index in [9.17, 15) is 0 Å². The summed E-state index contributed by atoms with van der Waals surface area (Å²) in [5.74, 6) is 0. The summed E-state index contributed by atoms with van der Waals surface area (Å²) in [6.07, 6.45) is 5.37. The fraction of sp³-hybridized carbons (Fsp3) is 0.769. The molecule has 1 saturated carbocycles. The minimum absolute atomic E-state index is 0.177. The maximum absolute atomic E-state index is 6.31. The van der Waals surface area contributed by atoms with Gasteiger partial charge in [0.25, 0.3) is 0 Å². The SMILES string of the molecule is CCNC1CCC(C)(c2c(Cl)cnn2CC)C1. The lowest BCUT2D eigenvalue weighted by molar-refractivity contribution is 0.417. The van der Waals surface area contributed by atoms with E-state index >= 15 is 0 Å². The molecule has 2 rings (SSSR count). The van der Waals surface area contributed by atoms with E-state index in [1.807, 2.05) is 0 Å². The standard InChI is InChI=1S/C13H22ClN3/c1-4-15-10-6-7-13(3,8-10)12-11(14)9-16-17(12)5-2/h9-10,15H,4-8H2,1-3H3. The van der Waals surface area contributed by atoms with Crippen molar-refractivity contribution in [1.29, 1.82) is 0 Å². The minimum atomic E-state index is 0.177. The van der Waals surface area contributed by atoms with Crippen LogP contribution in [0.4, 0.5) is 0 Å². The maximum atomic E-state index is 6.31. The molecule has 3 nitrogen and oxygen atoms in total. The number of rotatable bonds is 4. The van der Waals surface area contributed by atoms with Gasteiger partial charge in [0, 0.05) is 18.0 Å². The molecule has 0 radical (unpaired) electrons. The number of aromatic nitrogens is 2. The molecule has 0 amide bonds. The minimum Gasteiger partial charge on any atom is -0.314 e. The van der Waals surface area contributed by atoms with Crippen LogP contribution in [0, 0.1) is 0 Å². The van der Waals surface area contributed by atoms with Gasteiger partial charge in [-0.25, -0.2) is 0 Å². The van der Waals surface area contributed by atoms with Crippen molar-refractivity contribution in [3.05, 3.63) is 16.9 Å². The van der Waals surface area contributed by atoms with Crippen molar-refractivity contribution in [2.24, 2.45) is 0 Å². The van der Waals surface area contributed by atoms with E-state index in [2.05, 4.69) is 35.9 Å². The first-order valence-electron chi connectivity index (χ1n) is 6.56. The van der Waals surface area contributed by atoms with Crippen molar-refractivity contribution in [3.8, 4) is 0 Å². The smallest absolute Gasteiger partial charge is 0.0823 e. The van der Waals surface area contributed by atoms with Crippen LogP contribution in [0.3, 0.4) is 0 Å². The number of halogens is 1. The Kier molecular flexibility index (Phi) is 3.79. The second-order valence-electron chi connectivity index (χ2n) is 5.21.